The summed E-state index contributed by atoms with van der Waals surface area (Å²) in [5.41, 5.74) is 2.88. The first-order valence-corrected chi connectivity index (χ1v) is 17.0. The van der Waals surface area contributed by atoms with Crippen LogP contribution < -0.4 is 33.8 Å². The Labute approximate surface area is 286 Å². The number of ether oxygens (including phenoxy) is 5. The smallest absolute Gasteiger partial charge is 0.338 e. The van der Waals surface area contributed by atoms with Crippen molar-refractivity contribution >= 4 is 55.2 Å². The van der Waals surface area contributed by atoms with Gasteiger partial charge in [0, 0.05) is 5.56 Å². The van der Waals surface area contributed by atoms with Crippen molar-refractivity contribution in [1.82, 2.24) is 4.57 Å². The van der Waals surface area contributed by atoms with Crippen molar-refractivity contribution < 1.29 is 28.5 Å². The highest BCUT2D eigenvalue weighted by Gasteiger charge is 2.35. The minimum atomic E-state index is -0.780. The van der Waals surface area contributed by atoms with Gasteiger partial charge in [-0.1, -0.05) is 35.6 Å². The molecule has 6 rings (SSSR count). The summed E-state index contributed by atoms with van der Waals surface area (Å²) in [5.74, 6) is 2.09. The van der Waals surface area contributed by atoms with Crippen molar-refractivity contribution in [3.05, 3.63) is 111 Å². The van der Waals surface area contributed by atoms with E-state index in [9.17, 15) is 9.59 Å². The zero-order valence-corrected chi connectivity index (χ0v) is 29.5. The van der Waals surface area contributed by atoms with Gasteiger partial charge in [-0.25, -0.2) is 9.79 Å². The molecule has 0 spiro atoms. The van der Waals surface area contributed by atoms with E-state index < -0.39 is 12.0 Å². The van der Waals surface area contributed by atoms with Crippen LogP contribution in [0.2, 0.25) is 0 Å². The van der Waals surface area contributed by atoms with E-state index in [0.717, 1.165) is 11.1 Å². The van der Waals surface area contributed by atoms with Gasteiger partial charge in [0.15, 0.2) is 16.3 Å². The topological polar surface area (TPSA) is 97.6 Å². The largest absolute Gasteiger partial charge is 0.491 e. The summed E-state index contributed by atoms with van der Waals surface area (Å²) in [4.78, 5) is 32.6. The number of carbonyl (C=O) groups excluding carboxylic acids is 1. The zero-order chi connectivity index (χ0) is 32.5. The number of fused-ring (bicyclic) bond motifs is 2. The molecule has 3 aromatic carbocycles. The fourth-order valence-corrected chi connectivity index (χ4v) is 7.79. The van der Waals surface area contributed by atoms with E-state index in [2.05, 4.69) is 36.9 Å². The number of hydrogen-bond donors (Lipinski definition) is 0. The third kappa shape index (κ3) is 6.38. The molecule has 0 amide bonds. The van der Waals surface area contributed by atoms with Gasteiger partial charge in [-0.2, -0.15) is 0 Å². The summed E-state index contributed by atoms with van der Waals surface area (Å²) in [5, 5.41) is 0. The van der Waals surface area contributed by atoms with Crippen LogP contribution in [0.4, 0.5) is 0 Å². The second-order valence-electron chi connectivity index (χ2n) is 10.8. The number of carbonyl (C=O) groups is 1. The third-order valence-corrected chi connectivity index (χ3v) is 9.39. The number of nitrogens with zero attached hydrogens (tertiary/aromatic N) is 2. The van der Waals surface area contributed by atoms with Crippen LogP contribution in [-0.4, -0.2) is 30.0 Å². The lowest BCUT2D eigenvalue weighted by atomic mass is 9.95. The van der Waals surface area contributed by atoms with Crippen molar-refractivity contribution in [3.8, 4) is 23.0 Å². The monoisotopic (exact) mass is 768 g/mol. The summed E-state index contributed by atoms with van der Waals surface area (Å²) in [6, 6.07) is 16.1. The molecule has 4 aromatic rings. The highest BCUT2D eigenvalue weighted by Crippen LogP contribution is 2.38. The van der Waals surface area contributed by atoms with Gasteiger partial charge < -0.3 is 23.7 Å². The maximum absolute atomic E-state index is 14.1. The molecule has 0 unspecified atom stereocenters. The molecule has 46 heavy (non-hydrogen) atoms. The molecule has 1 atom stereocenters. The Morgan fingerprint density at radius 2 is 1.85 bits per heavy atom. The lowest BCUT2D eigenvalue weighted by molar-refractivity contribution is -0.139. The fraction of sp³-hybridized carbons (Fsp3) is 0.265. The summed E-state index contributed by atoms with van der Waals surface area (Å²) < 4.78 is 32.0. The number of hydrogen-bond acceptors (Lipinski definition) is 9. The number of benzene rings is 3. The van der Waals surface area contributed by atoms with Crippen molar-refractivity contribution in [1.29, 1.82) is 0 Å². The number of halogens is 2. The molecule has 0 fully saturated rings. The number of para-hydroxylation sites is 1. The van der Waals surface area contributed by atoms with E-state index in [1.165, 1.54) is 11.3 Å². The second kappa shape index (κ2) is 13.5. The number of thiazole rings is 1. The van der Waals surface area contributed by atoms with Crippen LogP contribution in [0.15, 0.2) is 84.6 Å². The highest BCUT2D eigenvalue weighted by molar-refractivity contribution is 9.11. The summed E-state index contributed by atoms with van der Waals surface area (Å²) in [7, 11) is 0. The predicted molar refractivity (Wildman–Crippen MR) is 181 cm³/mol. The van der Waals surface area contributed by atoms with Gasteiger partial charge in [-0.3, -0.25) is 9.36 Å². The molecule has 0 saturated carbocycles. The predicted octanol–water partition coefficient (Wildman–Crippen LogP) is 6.42. The molecule has 1 aromatic heterocycles. The first-order valence-electron chi connectivity index (χ1n) is 14.6. The van der Waals surface area contributed by atoms with Crippen molar-refractivity contribution in [2.45, 2.75) is 46.4 Å². The fourth-order valence-electron chi connectivity index (χ4n) is 5.29. The van der Waals surface area contributed by atoms with Gasteiger partial charge in [0.05, 0.1) is 37.5 Å². The molecule has 0 N–H and O–H groups in total. The Balaban J connectivity index is 1.38. The molecule has 0 aliphatic carbocycles. The van der Waals surface area contributed by atoms with Crippen molar-refractivity contribution in [2.75, 3.05) is 13.4 Å². The lowest BCUT2D eigenvalue weighted by Gasteiger charge is -2.26. The molecule has 2 aliphatic rings. The Morgan fingerprint density at radius 1 is 1.11 bits per heavy atom. The highest BCUT2D eigenvalue weighted by atomic mass is 79.9. The average Bonchev–Trinajstić information content (AvgIpc) is 3.59. The van der Waals surface area contributed by atoms with Gasteiger partial charge in [-0.05, 0) is 107 Å². The minimum Gasteiger partial charge on any atom is -0.491 e. The molecule has 9 nitrogen and oxygen atoms in total. The number of esters is 1. The van der Waals surface area contributed by atoms with Crippen molar-refractivity contribution in [2.24, 2.45) is 4.99 Å². The van der Waals surface area contributed by atoms with Crippen LogP contribution in [0, 0.1) is 0 Å². The van der Waals surface area contributed by atoms with Crippen LogP contribution in [0.3, 0.4) is 0 Å². The average molecular weight is 770 g/mol. The van der Waals surface area contributed by atoms with Crippen LogP contribution in [-0.2, 0) is 16.1 Å². The Bertz CT molecular complexity index is 2030. The van der Waals surface area contributed by atoms with Gasteiger partial charge in [0.1, 0.15) is 24.1 Å². The van der Waals surface area contributed by atoms with Gasteiger partial charge in [0.2, 0.25) is 6.79 Å². The zero-order valence-electron chi connectivity index (χ0n) is 25.5. The van der Waals surface area contributed by atoms with Crippen molar-refractivity contribution in [3.63, 3.8) is 0 Å². The van der Waals surface area contributed by atoms with E-state index in [-0.39, 0.29) is 25.1 Å². The molecule has 0 bridgehead atoms. The first-order chi connectivity index (χ1) is 22.1. The molecule has 0 radical (unpaired) electrons. The number of allylic oxidation sites excluding steroid dienone is 1. The van der Waals surface area contributed by atoms with E-state index in [1.807, 2.05) is 68.4 Å². The van der Waals surface area contributed by atoms with Crippen LogP contribution in [0.5, 0.6) is 23.0 Å². The standard InChI is InChI=1S/C34H30Br2N2O7S/c1-5-41-33(40)29-19(4)37-34-38(30(29)22-8-6-7-9-25(22)45-18(2)3)32(39)28(46-34)15-21-12-23(35)31(24(36)13-21)42-16-20-10-11-26-27(14-20)44-17-43-26/h6-15,18,30H,5,16-17H2,1-4H3/b28-15+/t30-/m1/s1. The minimum absolute atomic E-state index is 0.117. The quantitative estimate of drug-likeness (QED) is 0.182. The second-order valence-corrected chi connectivity index (χ2v) is 13.5. The summed E-state index contributed by atoms with van der Waals surface area (Å²) in [6.45, 7) is 8.09. The first kappa shape index (κ1) is 32.1. The Morgan fingerprint density at radius 3 is 2.59 bits per heavy atom. The van der Waals surface area contributed by atoms with Gasteiger partial charge in [-0.15, -0.1) is 0 Å². The molecule has 238 valence electrons. The van der Waals surface area contributed by atoms with E-state index in [4.69, 9.17) is 23.7 Å². The van der Waals surface area contributed by atoms with E-state index in [0.29, 0.717) is 64.7 Å². The lowest BCUT2D eigenvalue weighted by Crippen LogP contribution is -2.40. The molecule has 12 heteroatoms. The summed E-state index contributed by atoms with van der Waals surface area (Å²) in [6.07, 6.45) is 1.69. The maximum Gasteiger partial charge on any atom is 0.338 e. The van der Waals surface area contributed by atoms with E-state index in [1.54, 1.807) is 24.5 Å². The Kier molecular flexibility index (Phi) is 9.39. The molecule has 3 heterocycles. The third-order valence-electron chi connectivity index (χ3n) is 7.23. The van der Waals surface area contributed by atoms with E-state index >= 15 is 0 Å². The molecule has 0 saturated heterocycles. The normalized spacial score (nSPS) is 15.5. The Hall–Kier alpha value is -3.87. The molecule has 2 aliphatic heterocycles. The SMILES string of the molecule is CCOC(=O)C1=C(C)N=c2s/c(=C/c3cc(Br)c(OCc4ccc5c(c4)OCO5)c(Br)c3)c(=O)n2[C@@H]1c1ccccc1OC(C)C. The van der Waals surface area contributed by atoms with Gasteiger partial charge in [0.25, 0.3) is 5.56 Å². The maximum atomic E-state index is 14.1. The van der Waals surface area contributed by atoms with Crippen LogP contribution >= 0.6 is 43.2 Å². The van der Waals surface area contributed by atoms with Crippen LogP contribution in [0.25, 0.3) is 6.08 Å². The number of aromatic nitrogens is 1. The molecular formula is C34H30Br2N2O7S. The van der Waals surface area contributed by atoms with Gasteiger partial charge >= 0.3 is 5.97 Å². The molecular weight excluding hydrogens is 740 g/mol. The number of rotatable bonds is 9. The summed E-state index contributed by atoms with van der Waals surface area (Å²) >= 11 is 8.52. The van der Waals surface area contributed by atoms with Crippen LogP contribution in [0.1, 0.15) is 50.4 Å².